The molecule has 0 fully saturated rings. The number of benzene rings is 1. The maximum atomic E-state index is 6.14. The van der Waals surface area contributed by atoms with Gasteiger partial charge < -0.3 is 0 Å². The average Bonchev–Trinajstić information content (AvgIpc) is 2.83. The van der Waals surface area contributed by atoms with Crippen LogP contribution in [0, 0.1) is 0 Å². The second-order valence-corrected chi connectivity index (χ2v) is 5.96. The summed E-state index contributed by atoms with van der Waals surface area (Å²) in [7, 11) is 0. The van der Waals surface area contributed by atoms with Crippen LogP contribution in [-0.2, 0) is 0 Å². The Morgan fingerprint density at radius 1 is 1.30 bits per heavy atom. The van der Waals surface area contributed by atoms with Crippen molar-refractivity contribution in [3.05, 3.63) is 39.6 Å². The van der Waals surface area contributed by atoms with Gasteiger partial charge in [-0.1, -0.05) is 60.9 Å². The fourth-order valence-electron chi connectivity index (χ4n) is 1.61. The van der Waals surface area contributed by atoms with Gasteiger partial charge in [-0.3, -0.25) is 0 Å². The smallest absolute Gasteiger partial charge is 0.191 e. The van der Waals surface area contributed by atoms with Crippen LogP contribution < -0.4 is 0 Å². The number of rotatable bonds is 4. The zero-order valence-electron chi connectivity index (χ0n) is 11.3. The molecular weight excluding hydrogens is 315 g/mol. The van der Waals surface area contributed by atoms with E-state index in [4.69, 9.17) is 23.2 Å². The molecule has 0 aliphatic rings. The molecular formula is C13H14Cl2N4S. The molecule has 2 aromatic rings. The highest BCUT2D eigenvalue weighted by Gasteiger charge is 2.13. The minimum absolute atomic E-state index is 0.232. The van der Waals surface area contributed by atoms with Gasteiger partial charge in [0, 0.05) is 11.5 Å². The van der Waals surface area contributed by atoms with E-state index >= 15 is 0 Å². The van der Waals surface area contributed by atoms with Gasteiger partial charge in [-0.15, -0.1) is 10.2 Å². The Bertz CT molecular complexity index is 637. The third-order valence-corrected chi connectivity index (χ3v) is 4.08. The lowest BCUT2D eigenvalue weighted by Crippen LogP contribution is -2.02. The van der Waals surface area contributed by atoms with E-state index in [0.717, 1.165) is 16.5 Å². The SMILES string of the molecule is CSc1nnc(C(C)C)n1/N=C\c1cccc(Cl)c1Cl. The molecule has 1 aromatic carbocycles. The van der Waals surface area contributed by atoms with Gasteiger partial charge in [-0.2, -0.15) is 9.78 Å². The first-order valence-corrected chi connectivity index (χ1v) is 8.00. The van der Waals surface area contributed by atoms with E-state index < -0.39 is 0 Å². The average molecular weight is 329 g/mol. The van der Waals surface area contributed by atoms with Crippen LogP contribution >= 0.6 is 35.0 Å². The molecule has 106 valence electrons. The normalized spacial score (nSPS) is 11.7. The van der Waals surface area contributed by atoms with Crippen LogP contribution in [0.2, 0.25) is 10.0 Å². The maximum absolute atomic E-state index is 6.14. The van der Waals surface area contributed by atoms with Crippen LogP contribution in [-0.4, -0.2) is 27.3 Å². The van der Waals surface area contributed by atoms with Gasteiger partial charge in [0.25, 0.3) is 0 Å². The Labute approximate surface area is 132 Å². The third kappa shape index (κ3) is 3.16. The monoisotopic (exact) mass is 328 g/mol. The van der Waals surface area contributed by atoms with Crippen molar-refractivity contribution in [2.75, 3.05) is 6.26 Å². The summed E-state index contributed by atoms with van der Waals surface area (Å²) < 4.78 is 1.73. The van der Waals surface area contributed by atoms with Crippen LogP contribution in [0.1, 0.15) is 31.2 Å². The molecule has 20 heavy (non-hydrogen) atoms. The molecule has 0 aliphatic carbocycles. The lowest BCUT2D eigenvalue weighted by Gasteiger charge is -2.05. The highest BCUT2D eigenvalue weighted by Crippen LogP contribution is 2.25. The van der Waals surface area contributed by atoms with Crippen molar-refractivity contribution in [1.29, 1.82) is 0 Å². The van der Waals surface area contributed by atoms with Crippen LogP contribution in [0.4, 0.5) is 0 Å². The molecule has 4 nitrogen and oxygen atoms in total. The van der Waals surface area contributed by atoms with Crippen molar-refractivity contribution in [1.82, 2.24) is 14.9 Å². The Kier molecular flexibility index (Phi) is 5.07. The van der Waals surface area contributed by atoms with Crippen molar-refractivity contribution >= 4 is 41.2 Å². The fraction of sp³-hybridized carbons (Fsp3) is 0.308. The minimum atomic E-state index is 0.232. The van der Waals surface area contributed by atoms with Gasteiger partial charge in [-0.25, -0.2) is 0 Å². The standard InChI is InChI=1S/C13H14Cl2N4S/c1-8(2)12-17-18-13(20-3)19(12)16-7-9-5-4-6-10(14)11(9)15/h4-8H,1-3H3/b16-7-. The summed E-state index contributed by atoms with van der Waals surface area (Å²) in [4.78, 5) is 0. The summed E-state index contributed by atoms with van der Waals surface area (Å²) in [6, 6.07) is 5.43. The quantitative estimate of drug-likeness (QED) is 0.620. The van der Waals surface area contributed by atoms with Gasteiger partial charge in [-0.05, 0) is 12.3 Å². The van der Waals surface area contributed by atoms with E-state index in [9.17, 15) is 0 Å². The predicted octanol–water partition coefficient (Wildman–Crippen LogP) is 4.31. The van der Waals surface area contributed by atoms with Crippen molar-refractivity contribution in [2.45, 2.75) is 24.9 Å². The number of aromatic nitrogens is 3. The Morgan fingerprint density at radius 2 is 2.05 bits per heavy atom. The van der Waals surface area contributed by atoms with Gasteiger partial charge >= 0.3 is 0 Å². The molecule has 0 N–H and O–H groups in total. The van der Waals surface area contributed by atoms with E-state index in [0.29, 0.717) is 10.0 Å². The van der Waals surface area contributed by atoms with Crippen molar-refractivity contribution < 1.29 is 0 Å². The minimum Gasteiger partial charge on any atom is -0.191 e. The molecule has 2 rings (SSSR count). The molecule has 0 bridgehead atoms. The summed E-state index contributed by atoms with van der Waals surface area (Å²) in [5.41, 5.74) is 0.759. The number of hydrogen-bond acceptors (Lipinski definition) is 4. The van der Waals surface area contributed by atoms with Gasteiger partial charge in [0.15, 0.2) is 5.82 Å². The van der Waals surface area contributed by atoms with Crippen molar-refractivity contribution in [3.63, 3.8) is 0 Å². The van der Waals surface area contributed by atoms with Crippen LogP contribution in [0.3, 0.4) is 0 Å². The molecule has 0 amide bonds. The van der Waals surface area contributed by atoms with Gasteiger partial charge in [0.1, 0.15) is 0 Å². The van der Waals surface area contributed by atoms with Crippen LogP contribution in [0.5, 0.6) is 0 Å². The summed E-state index contributed by atoms with van der Waals surface area (Å²) >= 11 is 13.6. The highest BCUT2D eigenvalue weighted by molar-refractivity contribution is 7.98. The Morgan fingerprint density at radius 3 is 2.70 bits per heavy atom. The number of nitrogens with zero attached hydrogens (tertiary/aromatic N) is 4. The van der Waals surface area contributed by atoms with E-state index in [-0.39, 0.29) is 5.92 Å². The molecule has 1 aromatic heterocycles. The second-order valence-electron chi connectivity index (χ2n) is 4.40. The number of halogens is 2. The predicted molar refractivity (Wildman–Crippen MR) is 85.3 cm³/mol. The molecule has 1 heterocycles. The molecule has 0 saturated heterocycles. The van der Waals surface area contributed by atoms with Crippen molar-refractivity contribution in [3.8, 4) is 0 Å². The molecule has 0 aliphatic heterocycles. The first-order valence-electron chi connectivity index (χ1n) is 6.02. The van der Waals surface area contributed by atoms with Gasteiger partial charge in [0.2, 0.25) is 5.16 Å². The second kappa shape index (κ2) is 6.61. The summed E-state index contributed by atoms with van der Waals surface area (Å²) in [5, 5.41) is 14.4. The molecule has 0 saturated carbocycles. The van der Waals surface area contributed by atoms with E-state index in [1.807, 2.05) is 32.2 Å². The lowest BCUT2D eigenvalue weighted by atomic mass is 10.2. The molecule has 0 atom stereocenters. The topological polar surface area (TPSA) is 43.1 Å². The zero-order valence-corrected chi connectivity index (χ0v) is 13.7. The Hall–Kier alpha value is -1.04. The molecule has 7 heteroatoms. The lowest BCUT2D eigenvalue weighted by molar-refractivity contribution is 0.668. The van der Waals surface area contributed by atoms with Crippen LogP contribution in [0.25, 0.3) is 0 Å². The van der Waals surface area contributed by atoms with E-state index in [2.05, 4.69) is 15.3 Å². The third-order valence-electron chi connectivity index (χ3n) is 2.63. The van der Waals surface area contributed by atoms with E-state index in [1.165, 1.54) is 11.8 Å². The van der Waals surface area contributed by atoms with Gasteiger partial charge in [0.05, 0.1) is 16.3 Å². The maximum Gasteiger partial charge on any atom is 0.211 e. The fourth-order valence-corrected chi connectivity index (χ4v) is 2.41. The van der Waals surface area contributed by atoms with Crippen molar-refractivity contribution in [2.24, 2.45) is 5.10 Å². The first kappa shape index (κ1) is 15.4. The largest absolute Gasteiger partial charge is 0.211 e. The zero-order chi connectivity index (χ0) is 14.7. The summed E-state index contributed by atoms with van der Waals surface area (Å²) in [6.45, 7) is 4.10. The summed E-state index contributed by atoms with van der Waals surface area (Å²) in [6.07, 6.45) is 3.61. The number of thioether (sulfide) groups is 1. The molecule has 0 radical (unpaired) electrons. The number of hydrogen-bond donors (Lipinski definition) is 0. The first-order chi connectivity index (χ1) is 9.54. The highest BCUT2D eigenvalue weighted by atomic mass is 35.5. The summed E-state index contributed by atoms with van der Waals surface area (Å²) in [5.74, 6) is 1.04. The Balaban J connectivity index is 2.40. The molecule has 0 unspecified atom stereocenters. The van der Waals surface area contributed by atoms with E-state index in [1.54, 1.807) is 17.0 Å². The van der Waals surface area contributed by atoms with Crippen LogP contribution in [0.15, 0.2) is 28.5 Å². The molecule has 0 spiro atoms.